The number of hydrogen-bond acceptors (Lipinski definition) is 9. The fourth-order valence-electron chi connectivity index (χ4n) is 4.61. The predicted octanol–water partition coefficient (Wildman–Crippen LogP) is 1.77. The molecule has 10 nitrogen and oxygen atoms in total. The molecule has 2 aromatic heterocycles. The highest BCUT2D eigenvalue weighted by atomic mass is 32.2. The van der Waals surface area contributed by atoms with Gasteiger partial charge in [0.1, 0.15) is 11.2 Å². The summed E-state index contributed by atoms with van der Waals surface area (Å²) in [4.78, 5) is 29.6. The van der Waals surface area contributed by atoms with Crippen LogP contribution in [-0.2, 0) is 14.6 Å². The van der Waals surface area contributed by atoms with Crippen LogP contribution in [0.2, 0.25) is 0 Å². The van der Waals surface area contributed by atoms with Crippen molar-refractivity contribution < 1.29 is 13.2 Å². The summed E-state index contributed by atoms with van der Waals surface area (Å²) in [5, 5.41) is 3.55. The highest BCUT2D eigenvalue weighted by molar-refractivity contribution is 7.90. The van der Waals surface area contributed by atoms with Crippen molar-refractivity contribution in [1.82, 2.24) is 19.9 Å². The largest absolute Gasteiger partial charge is 0.379 e. The zero-order valence-corrected chi connectivity index (χ0v) is 19.8. The second-order valence-electron chi connectivity index (χ2n) is 8.73. The van der Waals surface area contributed by atoms with E-state index < -0.39 is 9.84 Å². The third-order valence-corrected chi connectivity index (χ3v) is 7.59. The molecule has 0 aliphatic carbocycles. The molecule has 0 atom stereocenters. The topological polar surface area (TPSA) is 121 Å². The van der Waals surface area contributed by atoms with Gasteiger partial charge in [0.05, 0.1) is 23.6 Å². The van der Waals surface area contributed by atoms with Crippen LogP contribution in [0.25, 0.3) is 10.9 Å². The number of rotatable bonds is 5. The molecule has 0 radical (unpaired) electrons. The van der Waals surface area contributed by atoms with Gasteiger partial charge in [0, 0.05) is 50.4 Å². The maximum Gasteiger partial charge on any atom is 0.261 e. The molecule has 0 unspecified atom stereocenters. The van der Waals surface area contributed by atoms with Crippen LogP contribution in [0, 0.1) is 0 Å². The number of benzene rings is 1. The van der Waals surface area contributed by atoms with Crippen LogP contribution in [0.4, 0.5) is 17.5 Å². The van der Waals surface area contributed by atoms with Gasteiger partial charge in [-0.05, 0) is 43.2 Å². The van der Waals surface area contributed by atoms with Crippen molar-refractivity contribution in [3.63, 3.8) is 0 Å². The molecule has 0 spiro atoms. The van der Waals surface area contributed by atoms with Crippen LogP contribution in [0.5, 0.6) is 0 Å². The summed E-state index contributed by atoms with van der Waals surface area (Å²) in [5.41, 5.74) is 0.900. The summed E-state index contributed by atoms with van der Waals surface area (Å²) in [5.74, 6) is 0.970. The van der Waals surface area contributed by atoms with Gasteiger partial charge >= 0.3 is 0 Å². The number of aromatic nitrogens is 3. The van der Waals surface area contributed by atoms with Gasteiger partial charge in [-0.2, -0.15) is 4.98 Å². The van der Waals surface area contributed by atoms with Gasteiger partial charge in [0.25, 0.3) is 5.56 Å². The maximum atomic E-state index is 12.6. The summed E-state index contributed by atoms with van der Waals surface area (Å²) in [6.07, 6.45) is 4.79. The average molecular weight is 485 g/mol. The smallest absolute Gasteiger partial charge is 0.261 e. The Labute approximate surface area is 197 Å². The molecule has 11 heteroatoms. The first kappa shape index (κ1) is 22.8. The summed E-state index contributed by atoms with van der Waals surface area (Å²) < 4.78 is 29.0. The number of morpholine rings is 1. The molecule has 2 aliphatic heterocycles. The van der Waals surface area contributed by atoms with E-state index in [9.17, 15) is 13.2 Å². The number of piperidine rings is 1. The number of ether oxygens (including phenoxy) is 1. The lowest BCUT2D eigenvalue weighted by Crippen LogP contribution is -2.49. The fourth-order valence-corrected chi connectivity index (χ4v) is 5.24. The molecule has 180 valence electrons. The Balaban J connectivity index is 1.41. The second kappa shape index (κ2) is 9.32. The van der Waals surface area contributed by atoms with Gasteiger partial charge in [-0.1, -0.05) is 0 Å². The van der Waals surface area contributed by atoms with E-state index in [-0.39, 0.29) is 10.5 Å². The standard InChI is InChI=1S/C23H28N6O4S/c1-34(31,32)18-4-2-16(3-5-18)25-21-20-19(6-9-24-22(20)30)26-23(27-21)29-10-7-17(8-11-29)28-12-14-33-15-13-28/h2-6,9,17H,7-8,10-15H2,1H3,(H,24,30)(H,25,26,27). The SMILES string of the molecule is CS(=O)(=O)c1ccc(Nc2nc(N3CCC(N4CCOCC4)CC3)nc3cc[nH]c(=O)c23)cc1. The molecule has 2 fully saturated rings. The molecular formula is C23H28N6O4S. The van der Waals surface area contributed by atoms with E-state index in [1.54, 1.807) is 24.4 Å². The third kappa shape index (κ3) is 4.77. The van der Waals surface area contributed by atoms with Gasteiger partial charge in [0.2, 0.25) is 5.95 Å². The van der Waals surface area contributed by atoms with Crippen molar-refractivity contribution in [2.24, 2.45) is 0 Å². The maximum absolute atomic E-state index is 12.6. The number of sulfone groups is 1. The van der Waals surface area contributed by atoms with Crippen molar-refractivity contribution in [1.29, 1.82) is 0 Å². The lowest BCUT2D eigenvalue weighted by atomic mass is 10.0. The lowest BCUT2D eigenvalue weighted by Gasteiger charge is -2.40. The van der Waals surface area contributed by atoms with Crippen molar-refractivity contribution in [2.45, 2.75) is 23.8 Å². The molecule has 2 saturated heterocycles. The quantitative estimate of drug-likeness (QED) is 0.558. The molecule has 5 rings (SSSR count). The summed E-state index contributed by atoms with van der Waals surface area (Å²) in [6.45, 7) is 5.21. The number of H-pyrrole nitrogens is 1. The van der Waals surface area contributed by atoms with Gasteiger partial charge in [0.15, 0.2) is 9.84 Å². The zero-order chi connectivity index (χ0) is 23.7. The fraction of sp³-hybridized carbons (Fsp3) is 0.435. The van der Waals surface area contributed by atoms with Crippen LogP contribution in [0.15, 0.2) is 46.2 Å². The Morgan fingerprint density at radius 2 is 1.74 bits per heavy atom. The summed E-state index contributed by atoms with van der Waals surface area (Å²) >= 11 is 0. The average Bonchev–Trinajstić information content (AvgIpc) is 2.84. The molecule has 3 aromatic rings. The van der Waals surface area contributed by atoms with Crippen LogP contribution in [-0.4, -0.2) is 80.0 Å². The first-order valence-corrected chi connectivity index (χ1v) is 13.3. The van der Waals surface area contributed by atoms with Crippen LogP contribution >= 0.6 is 0 Å². The van der Waals surface area contributed by atoms with Crippen molar-refractivity contribution in [3.8, 4) is 0 Å². The van der Waals surface area contributed by atoms with Gasteiger partial charge in [-0.3, -0.25) is 9.69 Å². The molecule has 1 aromatic carbocycles. The number of pyridine rings is 1. The summed E-state index contributed by atoms with van der Waals surface area (Å²) in [6, 6.07) is 8.68. The molecular weight excluding hydrogens is 456 g/mol. The number of fused-ring (bicyclic) bond motifs is 1. The van der Waals surface area contributed by atoms with E-state index in [1.807, 2.05) is 0 Å². The van der Waals surface area contributed by atoms with E-state index in [0.29, 0.717) is 34.4 Å². The number of nitrogens with zero attached hydrogens (tertiary/aromatic N) is 4. The normalized spacial score (nSPS) is 18.3. The molecule has 0 bridgehead atoms. The van der Waals surface area contributed by atoms with Crippen molar-refractivity contribution in [3.05, 3.63) is 46.9 Å². The van der Waals surface area contributed by atoms with E-state index >= 15 is 0 Å². The van der Waals surface area contributed by atoms with Gasteiger partial charge in [-0.25, -0.2) is 13.4 Å². The molecule has 2 aliphatic rings. The van der Waals surface area contributed by atoms with Crippen LogP contribution in [0.3, 0.4) is 0 Å². The monoisotopic (exact) mass is 484 g/mol. The molecule has 0 saturated carbocycles. The Kier molecular flexibility index (Phi) is 6.24. The van der Waals surface area contributed by atoms with Crippen molar-refractivity contribution in [2.75, 3.05) is 55.9 Å². The highest BCUT2D eigenvalue weighted by Gasteiger charge is 2.27. The van der Waals surface area contributed by atoms with Crippen LogP contribution < -0.4 is 15.8 Å². The van der Waals surface area contributed by atoms with Gasteiger partial charge in [-0.15, -0.1) is 0 Å². The van der Waals surface area contributed by atoms with E-state index in [0.717, 1.165) is 52.2 Å². The van der Waals surface area contributed by atoms with Crippen LogP contribution in [0.1, 0.15) is 12.8 Å². The van der Waals surface area contributed by atoms with E-state index in [1.165, 1.54) is 18.4 Å². The second-order valence-corrected chi connectivity index (χ2v) is 10.7. The molecule has 2 N–H and O–H groups in total. The Bertz CT molecular complexity index is 1330. The van der Waals surface area contributed by atoms with E-state index in [2.05, 4.69) is 25.1 Å². The Morgan fingerprint density at radius 1 is 1.03 bits per heavy atom. The van der Waals surface area contributed by atoms with Crippen molar-refractivity contribution >= 4 is 38.2 Å². The number of anilines is 3. The molecule has 34 heavy (non-hydrogen) atoms. The first-order valence-electron chi connectivity index (χ1n) is 11.4. The third-order valence-electron chi connectivity index (χ3n) is 6.46. The highest BCUT2D eigenvalue weighted by Crippen LogP contribution is 2.27. The number of nitrogens with one attached hydrogen (secondary N) is 2. The Hall–Kier alpha value is -3.02. The minimum absolute atomic E-state index is 0.229. The first-order chi connectivity index (χ1) is 16.4. The predicted molar refractivity (Wildman–Crippen MR) is 131 cm³/mol. The Morgan fingerprint density at radius 3 is 2.41 bits per heavy atom. The van der Waals surface area contributed by atoms with E-state index in [4.69, 9.17) is 9.72 Å². The zero-order valence-electron chi connectivity index (χ0n) is 19.0. The minimum atomic E-state index is -3.29. The molecule has 0 amide bonds. The lowest BCUT2D eigenvalue weighted by molar-refractivity contribution is 0.0114. The van der Waals surface area contributed by atoms with Gasteiger partial charge < -0.3 is 19.9 Å². The summed E-state index contributed by atoms with van der Waals surface area (Å²) in [7, 11) is -3.29. The molecule has 4 heterocycles. The minimum Gasteiger partial charge on any atom is -0.379 e. The number of aromatic amines is 1. The number of hydrogen-bond donors (Lipinski definition) is 2.